The van der Waals surface area contributed by atoms with Crippen molar-refractivity contribution in [2.75, 3.05) is 13.2 Å². The van der Waals surface area contributed by atoms with Crippen molar-refractivity contribution in [3.05, 3.63) is 59.9 Å². The van der Waals surface area contributed by atoms with Crippen LogP contribution in [0.15, 0.2) is 48.5 Å². The van der Waals surface area contributed by atoms with Crippen molar-refractivity contribution in [2.45, 2.75) is 19.1 Å². The molecule has 2 atom stereocenters. The van der Waals surface area contributed by atoms with Gasteiger partial charge in [0, 0.05) is 0 Å². The van der Waals surface area contributed by atoms with E-state index in [-0.39, 0.29) is 18.0 Å². The molecule has 3 nitrogen and oxygen atoms in total. The van der Waals surface area contributed by atoms with Crippen LogP contribution in [-0.4, -0.2) is 19.3 Å². The standard InChI is InChI=1S/C17H18FNO2/c1-2-19-17(12-7-9-13(18)10-8-12)16-11-20-14-5-3-4-6-15(14)21-16/h3-10,16-17,19H,2,11H2,1H3. The van der Waals surface area contributed by atoms with Gasteiger partial charge >= 0.3 is 0 Å². The average Bonchev–Trinajstić information content (AvgIpc) is 2.53. The molecule has 0 fully saturated rings. The summed E-state index contributed by atoms with van der Waals surface area (Å²) in [5, 5.41) is 3.39. The molecule has 2 unspecified atom stereocenters. The number of rotatable bonds is 4. The molecular formula is C17H18FNO2. The zero-order chi connectivity index (χ0) is 14.7. The van der Waals surface area contributed by atoms with E-state index in [4.69, 9.17) is 9.47 Å². The second-order valence-electron chi connectivity index (χ2n) is 5.00. The molecule has 110 valence electrons. The van der Waals surface area contributed by atoms with Crippen molar-refractivity contribution in [1.29, 1.82) is 0 Å². The zero-order valence-corrected chi connectivity index (χ0v) is 11.9. The smallest absolute Gasteiger partial charge is 0.161 e. The predicted molar refractivity (Wildman–Crippen MR) is 79.2 cm³/mol. The first-order valence-electron chi connectivity index (χ1n) is 7.15. The van der Waals surface area contributed by atoms with E-state index in [0.717, 1.165) is 23.6 Å². The van der Waals surface area contributed by atoms with Crippen LogP contribution >= 0.6 is 0 Å². The quantitative estimate of drug-likeness (QED) is 0.935. The molecule has 0 amide bonds. The number of benzene rings is 2. The molecule has 2 aromatic rings. The van der Waals surface area contributed by atoms with Crippen molar-refractivity contribution in [1.82, 2.24) is 5.32 Å². The molecule has 0 aliphatic carbocycles. The van der Waals surface area contributed by atoms with Gasteiger partial charge in [-0.1, -0.05) is 31.2 Å². The highest BCUT2D eigenvalue weighted by Crippen LogP contribution is 2.34. The van der Waals surface area contributed by atoms with Crippen LogP contribution in [0.2, 0.25) is 0 Å². The maximum absolute atomic E-state index is 13.1. The van der Waals surface area contributed by atoms with Crippen LogP contribution in [0.5, 0.6) is 11.5 Å². The monoisotopic (exact) mass is 287 g/mol. The van der Waals surface area contributed by atoms with Gasteiger partial charge in [0.1, 0.15) is 12.4 Å². The first kappa shape index (κ1) is 13.9. The van der Waals surface area contributed by atoms with Gasteiger partial charge in [-0.15, -0.1) is 0 Å². The molecular weight excluding hydrogens is 269 g/mol. The largest absolute Gasteiger partial charge is 0.486 e. The summed E-state index contributed by atoms with van der Waals surface area (Å²) in [7, 11) is 0. The topological polar surface area (TPSA) is 30.5 Å². The third-order valence-corrected chi connectivity index (χ3v) is 3.56. The maximum Gasteiger partial charge on any atom is 0.161 e. The number of nitrogens with one attached hydrogen (secondary N) is 1. The lowest BCUT2D eigenvalue weighted by Gasteiger charge is -2.32. The van der Waals surface area contributed by atoms with E-state index in [1.165, 1.54) is 12.1 Å². The van der Waals surface area contributed by atoms with Crippen molar-refractivity contribution in [3.63, 3.8) is 0 Å². The molecule has 4 heteroatoms. The number of ether oxygens (including phenoxy) is 2. The first-order chi connectivity index (χ1) is 10.3. The van der Waals surface area contributed by atoms with Gasteiger partial charge in [-0.3, -0.25) is 0 Å². The summed E-state index contributed by atoms with van der Waals surface area (Å²) in [6.07, 6.45) is -0.148. The molecule has 1 aliphatic heterocycles. The molecule has 0 saturated heterocycles. The number of halogens is 1. The lowest BCUT2D eigenvalue weighted by Crippen LogP contribution is -2.41. The minimum absolute atomic E-state index is 0.0380. The molecule has 1 heterocycles. The third kappa shape index (κ3) is 3.00. The molecule has 3 rings (SSSR count). The van der Waals surface area contributed by atoms with Gasteiger partial charge in [0.2, 0.25) is 0 Å². The Morgan fingerprint density at radius 1 is 1.14 bits per heavy atom. The van der Waals surface area contributed by atoms with Gasteiger partial charge in [-0.25, -0.2) is 4.39 Å². The van der Waals surface area contributed by atoms with Gasteiger partial charge in [-0.05, 0) is 36.4 Å². The Labute approximate surface area is 123 Å². The van der Waals surface area contributed by atoms with E-state index < -0.39 is 0 Å². The number of hydrogen-bond donors (Lipinski definition) is 1. The number of hydrogen-bond acceptors (Lipinski definition) is 3. The third-order valence-electron chi connectivity index (χ3n) is 3.56. The van der Waals surface area contributed by atoms with Crippen LogP contribution in [0.1, 0.15) is 18.5 Å². The average molecular weight is 287 g/mol. The minimum Gasteiger partial charge on any atom is -0.486 e. The molecule has 0 aromatic heterocycles. The molecule has 0 spiro atoms. The van der Waals surface area contributed by atoms with Crippen molar-refractivity contribution < 1.29 is 13.9 Å². The van der Waals surface area contributed by atoms with Crippen molar-refractivity contribution >= 4 is 0 Å². The number of likely N-dealkylation sites (N-methyl/N-ethyl adjacent to an activating group) is 1. The number of para-hydroxylation sites is 2. The summed E-state index contributed by atoms with van der Waals surface area (Å²) < 4.78 is 24.9. The fourth-order valence-electron chi connectivity index (χ4n) is 2.55. The van der Waals surface area contributed by atoms with Gasteiger partial charge in [-0.2, -0.15) is 0 Å². The lowest BCUT2D eigenvalue weighted by molar-refractivity contribution is 0.0621. The summed E-state index contributed by atoms with van der Waals surface area (Å²) in [6, 6.07) is 14.1. The van der Waals surface area contributed by atoms with E-state index in [1.807, 2.05) is 31.2 Å². The Kier molecular flexibility index (Phi) is 4.06. The lowest BCUT2D eigenvalue weighted by atomic mass is 10.0. The zero-order valence-electron chi connectivity index (χ0n) is 11.9. The van der Waals surface area contributed by atoms with E-state index in [1.54, 1.807) is 12.1 Å². The fraction of sp³-hybridized carbons (Fsp3) is 0.294. The molecule has 0 bridgehead atoms. The van der Waals surface area contributed by atoms with Gasteiger partial charge in [0.25, 0.3) is 0 Å². The minimum atomic E-state index is -0.236. The summed E-state index contributed by atoms with van der Waals surface area (Å²) in [6.45, 7) is 3.30. The predicted octanol–water partition coefficient (Wildman–Crippen LogP) is 3.32. The SMILES string of the molecule is CCNC(c1ccc(F)cc1)C1COc2ccccc2O1. The van der Waals surface area contributed by atoms with Crippen LogP contribution in [0, 0.1) is 5.82 Å². The Hall–Kier alpha value is -2.07. The van der Waals surface area contributed by atoms with Crippen LogP contribution in [-0.2, 0) is 0 Å². The van der Waals surface area contributed by atoms with Gasteiger partial charge in [0.05, 0.1) is 6.04 Å². The van der Waals surface area contributed by atoms with E-state index in [9.17, 15) is 4.39 Å². The second kappa shape index (κ2) is 6.14. The molecule has 1 N–H and O–H groups in total. The van der Waals surface area contributed by atoms with Gasteiger partial charge < -0.3 is 14.8 Å². The highest BCUT2D eigenvalue weighted by atomic mass is 19.1. The summed E-state index contributed by atoms with van der Waals surface area (Å²) in [5.74, 6) is 1.28. The molecule has 0 saturated carbocycles. The normalized spacial score (nSPS) is 18.3. The van der Waals surface area contributed by atoms with Crippen LogP contribution in [0.25, 0.3) is 0 Å². The number of fused-ring (bicyclic) bond motifs is 1. The molecule has 21 heavy (non-hydrogen) atoms. The highest BCUT2D eigenvalue weighted by molar-refractivity contribution is 5.41. The van der Waals surface area contributed by atoms with E-state index in [2.05, 4.69) is 5.32 Å². The summed E-state index contributed by atoms with van der Waals surface area (Å²) in [4.78, 5) is 0. The Morgan fingerprint density at radius 3 is 2.57 bits per heavy atom. The van der Waals surface area contributed by atoms with Crippen LogP contribution in [0.3, 0.4) is 0 Å². The Balaban J connectivity index is 1.83. The van der Waals surface area contributed by atoms with Crippen molar-refractivity contribution in [3.8, 4) is 11.5 Å². The summed E-state index contributed by atoms with van der Waals surface area (Å²) in [5.41, 5.74) is 0.992. The fourth-order valence-corrected chi connectivity index (χ4v) is 2.55. The molecule has 2 aromatic carbocycles. The van der Waals surface area contributed by atoms with Crippen molar-refractivity contribution in [2.24, 2.45) is 0 Å². The maximum atomic E-state index is 13.1. The van der Waals surface area contributed by atoms with E-state index in [0.29, 0.717) is 6.61 Å². The Morgan fingerprint density at radius 2 is 1.86 bits per heavy atom. The van der Waals surface area contributed by atoms with Gasteiger partial charge in [0.15, 0.2) is 17.6 Å². The molecule has 0 radical (unpaired) electrons. The van der Waals surface area contributed by atoms with Crippen LogP contribution in [0.4, 0.5) is 4.39 Å². The second-order valence-corrected chi connectivity index (χ2v) is 5.00. The van der Waals surface area contributed by atoms with Crippen LogP contribution < -0.4 is 14.8 Å². The Bertz CT molecular complexity index is 600. The van der Waals surface area contributed by atoms with E-state index >= 15 is 0 Å². The highest BCUT2D eigenvalue weighted by Gasteiger charge is 2.29. The summed E-state index contributed by atoms with van der Waals surface area (Å²) >= 11 is 0. The molecule has 1 aliphatic rings. The first-order valence-corrected chi connectivity index (χ1v) is 7.15.